The number of thiophene rings is 1. The first-order valence-corrected chi connectivity index (χ1v) is 9.17. The van der Waals surface area contributed by atoms with E-state index in [-0.39, 0.29) is 11.5 Å². The number of carbonyl (C=O) groups is 1. The van der Waals surface area contributed by atoms with Gasteiger partial charge in [-0.05, 0) is 44.0 Å². The molecule has 1 amide bonds. The molecule has 0 bridgehead atoms. The third-order valence-corrected chi connectivity index (χ3v) is 5.80. The Morgan fingerprint density at radius 1 is 1.44 bits per heavy atom. The number of amides is 1. The van der Waals surface area contributed by atoms with Crippen LogP contribution in [0.5, 0.6) is 0 Å². The van der Waals surface area contributed by atoms with E-state index in [1.807, 2.05) is 19.9 Å². The van der Waals surface area contributed by atoms with Gasteiger partial charge in [0.1, 0.15) is 10.9 Å². The fraction of sp³-hybridized carbons (Fsp3) is 0.278. The van der Waals surface area contributed by atoms with Crippen LogP contribution in [0.4, 0.5) is 5.69 Å². The Kier molecular flexibility index (Phi) is 4.92. The van der Waals surface area contributed by atoms with E-state index < -0.39 is 6.04 Å². The highest BCUT2D eigenvalue weighted by Gasteiger charge is 2.19. The van der Waals surface area contributed by atoms with Crippen molar-refractivity contribution in [1.29, 1.82) is 0 Å². The van der Waals surface area contributed by atoms with Gasteiger partial charge in [-0.2, -0.15) is 0 Å². The third-order valence-electron chi connectivity index (χ3n) is 4.20. The van der Waals surface area contributed by atoms with Crippen molar-refractivity contribution in [2.75, 3.05) is 5.32 Å². The molecule has 3 aromatic rings. The Morgan fingerprint density at radius 2 is 2.20 bits per heavy atom. The molecule has 1 atom stereocenters. The quantitative estimate of drug-likeness (QED) is 0.743. The summed E-state index contributed by atoms with van der Waals surface area (Å²) in [5.74, 6) is -0.292. The number of nitrogens with one attached hydrogen (secondary N) is 1. The van der Waals surface area contributed by atoms with E-state index in [2.05, 4.69) is 10.3 Å². The zero-order chi connectivity index (χ0) is 18.1. The zero-order valence-corrected chi connectivity index (χ0v) is 15.7. The Bertz CT molecular complexity index is 1010. The van der Waals surface area contributed by atoms with Crippen LogP contribution in [0, 0.1) is 6.92 Å². The number of anilines is 1. The van der Waals surface area contributed by atoms with Gasteiger partial charge < -0.3 is 5.32 Å². The Hall–Kier alpha value is -2.18. The lowest BCUT2D eigenvalue weighted by Gasteiger charge is -2.16. The van der Waals surface area contributed by atoms with Crippen LogP contribution in [0.2, 0.25) is 5.02 Å². The molecular weight excluding hydrogens is 358 g/mol. The molecule has 0 saturated heterocycles. The van der Waals surface area contributed by atoms with Gasteiger partial charge in [0.2, 0.25) is 5.91 Å². The molecule has 0 aliphatic heterocycles. The fourth-order valence-electron chi connectivity index (χ4n) is 2.54. The number of hydrogen-bond acceptors (Lipinski definition) is 4. The highest BCUT2D eigenvalue weighted by molar-refractivity contribution is 7.18. The van der Waals surface area contributed by atoms with Crippen LogP contribution in [-0.4, -0.2) is 15.5 Å². The Balaban J connectivity index is 1.92. The number of carbonyl (C=O) groups excluding carboxylic acids is 1. The van der Waals surface area contributed by atoms with E-state index in [4.69, 9.17) is 11.6 Å². The van der Waals surface area contributed by atoms with Gasteiger partial charge in [0.15, 0.2) is 0 Å². The number of rotatable bonds is 4. The summed E-state index contributed by atoms with van der Waals surface area (Å²) < 4.78 is 1.36. The molecule has 2 heterocycles. The molecule has 7 heteroatoms. The van der Waals surface area contributed by atoms with Crippen LogP contribution in [0.1, 0.15) is 30.3 Å². The van der Waals surface area contributed by atoms with Crippen LogP contribution in [-0.2, 0) is 11.2 Å². The smallest absolute Gasteiger partial charge is 0.262 e. The van der Waals surface area contributed by atoms with Crippen molar-refractivity contribution in [3.05, 3.63) is 56.4 Å². The molecule has 2 aromatic heterocycles. The number of hydrogen-bond donors (Lipinski definition) is 1. The van der Waals surface area contributed by atoms with Gasteiger partial charge in [-0.15, -0.1) is 11.3 Å². The first-order valence-electron chi connectivity index (χ1n) is 7.98. The van der Waals surface area contributed by atoms with Crippen LogP contribution < -0.4 is 10.9 Å². The van der Waals surface area contributed by atoms with Crippen molar-refractivity contribution in [2.45, 2.75) is 33.2 Å². The third kappa shape index (κ3) is 3.32. The average molecular weight is 376 g/mol. The largest absolute Gasteiger partial charge is 0.324 e. The Morgan fingerprint density at radius 3 is 2.92 bits per heavy atom. The lowest BCUT2D eigenvalue weighted by Crippen LogP contribution is -2.31. The summed E-state index contributed by atoms with van der Waals surface area (Å²) in [6.07, 6.45) is 2.29. The average Bonchev–Trinajstić information content (AvgIpc) is 3.03. The van der Waals surface area contributed by atoms with Crippen molar-refractivity contribution in [1.82, 2.24) is 9.55 Å². The van der Waals surface area contributed by atoms with Crippen molar-refractivity contribution in [2.24, 2.45) is 0 Å². The maximum Gasteiger partial charge on any atom is 0.262 e. The SMILES string of the molecule is CCc1cc2c(=O)n([C@H](C)C(=O)Nc3cccc(Cl)c3C)cnc2s1. The minimum Gasteiger partial charge on any atom is -0.324 e. The van der Waals surface area contributed by atoms with E-state index >= 15 is 0 Å². The van der Waals surface area contributed by atoms with Gasteiger partial charge in [0.25, 0.3) is 5.56 Å². The van der Waals surface area contributed by atoms with E-state index in [1.165, 1.54) is 22.2 Å². The van der Waals surface area contributed by atoms with Crippen LogP contribution >= 0.6 is 22.9 Å². The highest BCUT2D eigenvalue weighted by atomic mass is 35.5. The van der Waals surface area contributed by atoms with Crippen LogP contribution in [0.3, 0.4) is 0 Å². The van der Waals surface area contributed by atoms with E-state index in [0.29, 0.717) is 20.9 Å². The predicted molar refractivity (Wildman–Crippen MR) is 103 cm³/mol. The molecule has 0 unspecified atom stereocenters. The summed E-state index contributed by atoms with van der Waals surface area (Å²) in [6, 6.07) is 6.49. The van der Waals surface area contributed by atoms with Gasteiger partial charge in [-0.1, -0.05) is 24.6 Å². The molecule has 0 saturated carbocycles. The Labute approximate surface area is 154 Å². The van der Waals surface area contributed by atoms with Crippen molar-refractivity contribution in [3.63, 3.8) is 0 Å². The summed E-state index contributed by atoms with van der Waals surface area (Å²) in [5.41, 5.74) is 1.22. The molecule has 0 fully saturated rings. The van der Waals surface area contributed by atoms with Gasteiger partial charge in [0.05, 0.1) is 11.7 Å². The van der Waals surface area contributed by atoms with Crippen LogP contribution in [0.15, 0.2) is 35.4 Å². The second-order valence-corrected chi connectivity index (χ2v) is 7.34. The van der Waals surface area contributed by atoms with E-state index in [9.17, 15) is 9.59 Å². The number of fused-ring (bicyclic) bond motifs is 1. The van der Waals surface area contributed by atoms with Gasteiger partial charge in [-0.25, -0.2) is 4.98 Å². The standard InChI is InChI=1S/C18H18ClN3O2S/c1-4-12-8-13-17(25-12)20-9-22(18(13)24)11(3)16(23)21-15-7-5-6-14(19)10(15)2/h5-9,11H,4H2,1-3H3,(H,21,23)/t11-/m1/s1. The van der Waals surface area contributed by atoms with Gasteiger partial charge in [-0.3, -0.25) is 14.2 Å². The molecule has 0 radical (unpaired) electrons. The molecule has 1 aromatic carbocycles. The van der Waals surface area contributed by atoms with Crippen molar-refractivity contribution < 1.29 is 4.79 Å². The first-order chi connectivity index (χ1) is 11.9. The zero-order valence-electron chi connectivity index (χ0n) is 14.2. The highest BCUT2D eigenvalue weighted by Crippen LogP contribution is 2.24. The number of nitrogens with zero attached hydrogens (tertiary/aromatic N) is 2. The summed E-state index contributed by atoms with van der Waals surface area (Å²) in [4.78, 5) is 31.4. The topological polar surface area (TPSA) is 64.0 Å². The molecule has 0 aliphatic carbocycles. The van der Waals surface area contributed by atoms with Crippen molar-refractivity contribution in [3.8, 4) is 0 Å². The molecule has 5 nitrogen and oxygen atoms in total. The summed E-state index contributed by atoms with van der Waals surface area (Å²) >= 11 is 7.59. The van der Waals surface area contributed by atoms with E-state index in [1.54, 1.807) is 25.1 Å². The van der Waals surface area contributed by atoms with Gasteiger partial charge >= 0.3 is 0 Å². The number of benzene rings is 1. The second-order valence-electron chi connectivity index (χ2n) is 5.82. The minimum absolute atomic E-state index is 0.202. The van der Waals surface area contributed by atoms with E-state index in [0.717, 1.165) is 16.9 Å². The maximum absolute atomic E-state index is 12.7. The minimum atomic E-state index is -0.687. The maximum atomic E-state index is 12.7. The summed E-state index contributed by atoms with van der Waals surface area (Å²) in [7, 11) is 0. The lowest BCUT2D eigenvalue weighted by molar-refractivity contribution is -0.118. The number of aryl methyl sites for hydroxylation is 1. The molecule has 0 aliphatic rings. The summed E-state index contributed by atoms with van der Waals surface area (Å²) in [6.45, 7) is 5.55. The monoisotopic (exact) mass is 375 g/mol. The molecular formula is C18H18ClN3O2S. The molecule has 130 valence electrons. The molecule has 1 N–H and O–H groups in total. The molecule has 25 heavy (non-hydrogen) atoms. The first kappa shape index (κ1) is 17.6. The lowest BCUT2D eigenvalue weighted by atomic mass is 10.2. The number of aromatic nitrogens is 2. The molecule has 0 spiro atoms. The summed E-state index contributed by atoms with van der Waals surface area (Å²) in [5, 5.41) is 3.97. The van der Waals surface area contributed by atoms with Crippen LogP contribution in [0.25, 0.3) is 10.2 Å². The molecule has 3 rings (SSSR count). The van der Waals surface area contributed by atoms with Gasteiger partial charge in [0, 0.05) is 15.6 Å². The predicted octanol–water partition coefficient (Wildman–Crippen LogP) is 4.18. The normalized spacial score (nSPS) is 12.3. The second kappa shape index (κ2) is 6.98. The van der Waals surface area contributed by atoms with Crippen molar-refractivity contribution >= 4 is 44.7 Å². The number of halogens is 1. The fourth-order valence-corrected chi connectivity index (χ4v) is 3.64.